The third kappa shape index (κ3) is 4.32. The summed E-state index contributed by atoms with van der Waals surface area (Å²) in [5.41, 5.74) is 0. The number of nitrogens with one attached hydrogen (secondary N) is 2. The zero-order valence-corrected chi connectivity index (χ0v) is 9.44. The number of imidazole rings is 1. The Morgan fingerprint density at radius 2 is 2.36 bits per heavy atom. The van der Waals surface area contributed by atoms with Gasteiger partial charge in [-0.1, -0.05) is 20.8 Å². The van der Waals surface area contributed by atoms with Crippen molar-refractivity contribution in [2.75, 3.05) is 11.1 Å². The summed E-state index contributed by atoms with van der Waals surface area (Å²) in [7, 11) is 0. The average molecular weight is 213 g/mol. The van der Waals surface area contributed by atoms with Crippen LogP contribution < -0.4 is 5.32 Å². The number of anilines is 1. The van der Waals surface area contributed by atoms with Crippen LogP contribution in [0.3, 0.4) is 0 Å². The van der Waals surface area contributed by atoms with E-state index in [1.165, 1.54) is 0 Å². The van der Waals surface area contributed by atoms with Crippen LogP contribution in [0.5, 0.6) is 0 Å². The third-order valence-electron chi connectivity index (χ3n) is 1.39. The molecule has 0 saturated carbocycles. The first-order valence-corrected chi connectivity index (χ1v) is 5.39. The van der Waals surface area contributed by atoms with Gasteiger partial charge in [-0.3, -0.25) is 10.1 Å². The molecule has 1 aromatic heterocycles. The van der Waals surface area contributed by atoms with Crippen molar-refractivity contribution in [3.8, 4) is 0 Å². The number of amides is 1. The number of aromatic nitrogens is 2. The van der Waals surface area contributed by atoms with Crippen LogP contribution in [0.4, 0.5) is 5.95 Å². The molecule has 1 heterocycles. The van der Waals surface area contributed by atoms with Gasteiger partial charge in [0.25, 0.3) is 0 Å². The molecule has 1 aromatic rings. The van der Waals surface area contributed by atoms with Gasteiger partial charge >= 0.3 is 0 Å². The van der Waals surface area contributed by atoms with E-state index in [-0.39, 0.29) is 10.7 Å². The summed E-state index contributed by atoms with van der Waals surface area (Å²) in [6.45, 7) is 6.24. The number of hydrogen-bond donors (Lipinski definition) is 2. The second-order valence-corrected chi connectivity index (χ2v) is 5.69. The molecule has 0 aliphatic rings. The van der Waals surface area contributed by atoms with Crippen molar-refractivity contribution in [1.29, 1.82) is 0 Å². The normalized spacial score (nSPS) is 11.4. The number of aromatic amines is 1. The molecule has 14 heavy (non-hydrogen) atoms. The highest BCUT2D eigenvalue weighted by Gasteiger charge is 2.13. The Bertz CT molecular complexity index is 290. The van der Waals surface area contributed by atoms with E-state index in [2.05, 4.69) is 36.1 Å². The fourth-order valence-electron chi connectivity index (χ4n) is 0.784. The molecule has 0 fully saturated rings. The van der Waals surface area contributed by atoms with E-state index in [0.29, 0.717) is 11.7 Å². The highest BCUT2D eigenvalue weighted by molar-refractivity contribution is 8.01. The summed E-state index contributed by atoms with van der Waals surface area (Å²) in [6.07, 6.45) is 3.28. The Morgan fingerprint density at radius 3 is 2.86 bits per heavy atom. The summed E-state index contributed by atoms with van der Waals surface area (Å²) in [5, 5.41) is 2.67. The predicted octanol–water partition coefficient (Wildman–Crippen LogP) is 1.88. The Morgan fingerprint density at radius 1 is 1.64 bits per heavy atom. The van der Waals surface area contributed by atoms with Crippen molar-refractivity contribution in [1.82, 2.24) is 9.97 Å². The molecule has 0 aliphatic carbocycles. The molecule has 0 spiro atoms. The van der Waals surface area contributed by atoms with Crippen molar-refractivity contribution in [2.24, 2.45) is 0 Å². The highest BCUT2D eigenvalue weighted by Crippen LogP contribution is 2.22. The number of hydrogen-bond acceptors (Lipinski definition) is 3. The molecule has 0 aromatic carbocycles. The number of H-pyrrole nitrogens is 1. The predicted molar refractivity (Wildman–Crippen MR) is 59.4 cm³/mol. The zero-order chi connectivity index (χ0) is 10.6. The first-order valence-electron chi connectivity index (χ1n) is 4.40. The molecule has 5 heteroatoms. The lowest BCUT2D eigenvalue weighted by molar-refractivity contribution is -0.113. The van der Waals surface area contributed by atoms with Crippen LogP contribution in [-0.2, 0) is 4.79 Å². The minimum atomic E-state index is -0.0279. The number of nitrogens with zero attached hydrogens (tertiary/aromatic N) is 1. The lowest BCUT2D eigenvalue weighted by Crippen LogP contribution is -2.19. The van der Waals surface area contributed by atoms with Crippen molar-refractivity contribution in [2.45, 2.75) is 25.5 Å². The monoisotopic (exact) mass is 213 g/mol. The van der Waals surface area contributed by atoms with E-state index in [9.17, 15) is 4.79 Å². The van der Waals surface area contributed by atoms with Gasteiger partial charge in [-0.15, -0.1) is 11.8 Å². The molecular formula is C9H15N3OS. The topological polar surface area (TPSA) is 57.8 Å². The fraction of sp³-hybridized carbons (Fsp3) is 0.556. The van der Waals surface area contributed by atoms with Crippen LogP contribution in [0.15, 0.2) is 12.4 Å². The maximum absolute atomic E-state index is 11.4. The van der Waals surface area contributed by atoms with Crippen LogP contribution >= 0.6 is 11.8 Å². The Kier molecular flexibility index (Phi) is 3.57. The molecule has 0 saturated heterocycles. The van der Waals surface area contributed by atoms with Gasteiger partial charge < -0.3 is 4.98 Å². The van der Waals surface area contributed by atoms with Crippen LogP contribution in [0.1, 0.15) is 20.8 Å². The van der Waals surface area contributed by atoms with Crippen molar-refractivity contribution < 1.29 is 4.79 Å². The summed E-state index contributed by atoms with van der Waals surface area (Å²) in [6, 6.07) is 0. The maximum Gasteiger partial charge on any atom is 0.236 e. The molecule has 4 nitrogen and oxygen atoms in total. The number of thioether (sulfide) groups is 1. The van der Waals surface area contributed by atoms with Crippen LogP contribution in [-0.4, -0.2) is 26.4 Å². The second kappa shape index (κ2) is 4.50. The van der Waals surface area contributed by atoms with Crippen LogP contribution in [0.25, 0.3) is 0 Å². The Balaban J connectivity index is 2.30. The van der Waals surface area contributed by atoms with Crippen LogP contribution in [0.2, 0.25) is 0 Å². The fourth-order valence-corrected chi connectivity index (χ4v) is 1.42. The molecule has 1 rings (SSSR count). The molecule has 2 N–H and O–H groups in total. The standard InChI is InChI=1S/C9H15N3OS/c1-9(2,3)14-6-7(13)12-8-10-4-5-11-8/h4-5H,6H2,1-3H3,(H2,10,11,12,13). The zero-order valence-electron chi connectivity index (χ0n) is 8.63. The minimum absolute atomic E-state index is 0.0279. The highest BCUT2D eigenvalue weighted by atomic mass is 32.2. The molecule has 0 aliphatic heterocycles. The van der Waals surface area contributed by atoms with Gasteiger partial charge in [0.1, 0.15) is 0 Å². The average Bonchev–Trinajstić information content (AvgIpc) is 2.52. The van der Waals surface area contributed by atoms with Crippen LogP contribution in [0, 0.1) is 0 Å². The Labute approximate surface area is 87.9 Å². The summed E-state index contributed by atoms with van der Waals surface area (Å²) < 4.78 is 0.112. The van der Waals surface area contributed by atoms with Gasteiger partial charge in [0.05, 0.1) is 5.75 Å². The molecule has 0 radical (unpaired) electrons. The molecule has 1 amide bonds. The van der Waals surface area contributed by atoms with Gasteiger partial charge in [0, 0.05) is 17.1 Å². The van der Waals surface area contributed by atoms with E-state index in [0.717, 1.165) is 0 Å². The molecule has 78 valence electrons. The lowest BCUT2D eigenvalue weighted by atomic mass is 10.3. The molecule has 0 atom stereocenters. The van der Waals surface area contributed by atoms with E-state index >= 15 is 0 Å². The second-order valence-electron chi connectivity index (χ2n) is 3.89. The van der Waals surface area contributed by atoms with Gasteiger partial charge in [-0.25, -0.2) is 4.98 Å². The quantitative estimate of drug-likeness (QED) is 0.806. The molecular weight excluding hydrogens is 198 g/mol. The molecule has 0 bridgehead atoms. The SMILES string of the molecule is CC(C)(C)SCC(=O)Nc1ncc[nH]1. The van der Waals surface area contributed by atoms with Gasteiger partial charge in [-0.2, -0.15) is 0 Å². The first-order chi connectivity index (χ1) is 6.47. The summed E-state index contributed by atoms with van der Waals surface area (Å²) in [4.78, 5) is 18.1. The van der Waals surface area contributed by atoms with Crippen molar-refractivity contribution in [3.05, 3.63) is 12.4 Å². The maximum atomic E-state index is 11.4. The smallest absolute Gasteiger partial charge is 0.236 e. The largest absolute Gasteiger partial charge is 0.331 e. The van der Waals surface area contributed by atoms with Crippen molar-refractivity contribution in [3.63, 3.8) is 0 Å². The van der Waals surface area contributed by atoms with Gasteiger partial charge in [0.15, 0.2) is 0 Å². The van der Waals surface area contributed by atoms with E-state index < -0.39 is 0 Å². The van der Waals surface area contributed by atoms with Gasteiger partial charge in [-0.05, 0) is 0 Å². The van der Waals surface area contributed by atoms with E-state index in [1.807, 2.05) is 0 Å². The summed E-state index contributed by atoms with van der Waals surface area (Å²) in [5.74, 6) is 0.925. The van der Waals surface area contributed by atoms with Crippen molar-refractivity contribution >= 4 is 23.6 Å². The number of rotatable bonds is 3. The summed E-state index contributed by atoms with van der Waals surface area (Å²) >= 11 is 1.61. The number of carbonyl (C=O) groups is 1. The first kappa shape index (κ1) is 11.1. The Hall–Kier alpha value is -0.970. The molecule has 0 unspecified atom stereocenters. The lowest BCUT2D eigenvalue weighted by Gasteiger charge is -2.16. The minimum Gasteiger partial charge on any atom is -0.331 e. The van der Waals surface area contributed by atoms with E-state index in [1.54, 1.807) is 24.2 Å². The number of carbonyl (C=O) groups excluding carboxylic acids is 1. The van der Waals surface area contributed by atoms with Gasteiger partial charge in [0.2, 0.25) is 11.9 Å². The third-order valence-corrected chi connectivity index (χ3v) is 2.66. The van der Waals surface area contributed by atoms with E-state index in [4.69, 9.17) is 0 Å².